The van der Waals surface area contributed by atoms with Gasteiger partial charge < -0.3 is 20.3 Å². The fourth-order valence-electron chi connectivity index (χ4n) is 13.2. The molecule has 6 nitrogen and oxygen atoms in total. The molecule has 3 N–H and O–H groups in total. The highest BCUT2D eigenvalue weighted by Gasteiger charge is 2.20. The number of aliphatic hydroxyl groups excluding tert-OH is 2. The van der Waals surface area contributed by atoms with Gasteiger partial charge in [-0.15, -0.1) is 0 Å². The number of ether oxygens (including phenoxy) is 1. The third-order valence-corrected chi connectivity index (χ3v) is 19.3. The van der Waals surface area contributed by atoms with Crippen molar-refractivity contribution in [3.05, 3.63) is 12.2 Å². The van der Waals surface area contributed by atoms with Crippen LogP contribution in [0.1, 0.15) is 470 Å². The Balaban J connectivity index is 3.31. The van der Waals surface area contributed by atoms with E-state index in [2.05, 4.69) is 31.3 Å². The maximum Gasteiger partial charge on any atom is 0.305 e. The topological polar surface area (TPSA) is 95.9 Å². The van der Waals surface area contributed by atoms with Crippen molar-refractivity contribution in [2.45, 2.75) is 482 Å². The molecule has 518 valence electrons. The van der Waals surface area contributed by atoms with Gasteiger partial charge in [-0.2, -0.15) is 0 Å². The van der Waals surface area contributed by atoms with Crippen LogP contribution in [-0.2, 0) is 14.3 Å². The Kier molecular flexibility index (Phi) is 75.8. The summed E-state index contributed by atoms with van der Waals surface area (Å²) in [5.41, 5.74) is 0. The van der Waals surface area contributed by atoms with E-state index in [1.165, 1.54) is 398 Å². The molecule has 87 heavy (non-hydrogen) atoms. The third-order valence-electron chi connectivity index (χ3n) is 19.3. The van der Waals surface area contributed by atoms with Crippen LogP contribution < -0.4 is 5.32 Å². The smallest absolute Gasteiger partial charge is 0.305 e. The molecular weight excluding hydrogens is 1070 g/mol. The van der Waals surface area contributed by atoms with Gasteiger partial charge in [0.05, 0.1) is 25.4 Å². The molecule has 0 aromatic rings. The van der Waals surface area contributed by atoms with Crippen LogP contribution in [-0.4, -0.2) is 47.4 Å². The Morgan fingerprint density at radius 1 is 0.310 bits per heavy atom. The molecule has 0 spiro atoms. The first-order valence-electron chi connectivity index (χ1n) is 40.4. The molecule has 0 heterocycles. The predicted molar refractivity (Wildman–Crippen MR) is 384 cm³/mol. The van der Waals surface area contributed by atoms with Crippen molar-refractivity contribution >= 4 is 11.9 Å². The molecule has 0 aromatic heterocycles. The monoisotopic (exact) mass is 1230 g/mol. The predicted octanol–water partition coefficient (Wildman–Crippen LogP) is 26.7. The number of carbonyl (C=O) groups is 2. The minimum atomic E-state index is -0.661. The molecule has 0 aliphatic heterocycles. The number of carbonyl (C=O) groups excluding carboxylic acids is 2. The molecule has 0 bridgehead atoms. The molecule has 0 rings (SSSR count). The number of hydrogen-bond acceptors (Lipinski definition) is 5. The van der Waals surface area contributed by atoms with Crippen molar-refractivity contribution in [2.75, 3.05) is 13.2 Å². The van der Waals surface area contributed by atoms with E-state index in [0.29, 0.717) is 25.9 Å². The number of hydrogen-bond donors (Lipinski definition) is 3. The number of esters is 1. The zero-order valence-corrected chi connectivity index (χ0v) is 59.5. The van der Waals surface area contributed by atoms with Crippen LogP contribution in [0.2, 0.25) is 0 Å². The summed E-state index contributed by atoms with van der Waals surface area (Å²) in [6.45, 7) is 5.01. The van der Waals surface area contributed by atoms with Crippen LogP contribution in [0.25, 0.3) is 0 Å². The van der Waals surface area contributed by atoms with Crippen LogP contribution in [0.3, 0.4) is 0 Å². The molecular formula is C81H159NO5. The zero-order chi connectivity index (χ0) is 62.8. The number of unbranched alkanes of at least 4 members (excludes halogenated alkanes) is 64. The molecule has 1 amide bonds. The second-order valence-corrected chi connectivity index (χ2v) is 28.1. The van der Waals surface area contributed by atoms with Crippen LogP contribution in [0.5, 0.6) is 0 Å². The first kappa shape index (κ1) is 85.6. The van der Waals surface area contributed by atoms with E-state index in [4.69, 9.17) is 4.74 Å². The summed E-state index contributed by atoms with van der Waals surface area (Å²) >= 11 is 0. The van der Waals surface area contributed by atoms with Gasteiger partial charge >= 0.3 is 5.97 Å². The van der Waals surface area contributed by atoms with Gasteiger partial charge in [-0.1, -0.05) is 418 Å². The van der Waals surface area contributed by atoms with Crippen LogP contribution in [0.4, 0.5) is 0 Å². The van der Waals surface area contributed by atoms with E-state index in [1.807, 2.05) is 0 Å². The third kappa shape index (κ3) is 73.5. The molecule has 0 radical (unpaired) electrons. The summed E-state index contributed by atoms with van der Waals surface area (Å²) in [6.07, 6.45) is 97.5. The van der Waals surface area contributed by atoms with Crippen molar-refractivity contribution in [1.82, 2.24) is 5.32 Å². The average molecular weight is 1230 g/mol. The maximum atomic E-state index is 12.5. The van der Waals surface area contributed by atoms with Gasteiger partial charge in [-0.3, -0.25) is 9.59 Å². The molecule has 0 fully saturated rings. The number of nitrogens with one attached hydrogen (secondary N) is 1. The number of rotatable bonds is 77. The Morgan fingerprint density at radius 3 is 0.816 bits per heavy atom. The van der Waals surface area contributed by atoms with E-state index < -0.39 is 12.1 Å². The molecule has 0 saturated carbocycles. The van der Waals surface area contributed by atoms with Gasteiger partial charge in [0.1, 0.15) is 0 Å². The quantitative estimate of drug-likeness (QED) is 0.0320. The molecule has 6 heteroatoms. The molecule has 2 unspecified atom stereocenters. The highest BCUT2D eigenvalue weighted by Crippen LogP contribution is 2.20. The van der Waals surface area contributed by atoms with Gasteiger partial charge in [-0.25, -0.2) is 0 Å². The maximum absolute atomic E-state index is 12.5. The van der Waals surface area contributed by atoms with Gasteiger partial charge in [0, 0.05) is 12.8 Å². The van der Waals surface area contributed by atoms with E-state index in [1.54, 1.807) is 0 Å². The highest BCUT2D eigenvalue weighted by molar-refractivity contribution is 5.76. The van der Waals surface area contributed by atoms with E-state index in [-0.39, 0.29) is 18.5 Å². The van der Waals surface area contributed by atoms with Crippen molar-refractivity contribution in [1.29, 1.82) is 0 Å². The standard InChI is InChI=1S/C81H159NO5/c1-3-5-7-9-11-13-15-17-19-42-47-51-55-59-63-67-71-75-81(86)87-76-72-68-64-60-56-52-48-44-41-39-37-35-33-31-29-27-25-23-21-22-24-26-28-30-32-34-36-38-40-43-46-50-54-58-62-66-70-74-80(85)82-78(77-83)79(84)73-69-65-61-57-53-49-45-20-18-16-14-12-10-8-6-4-2/h21,23,78-79,83-84H,3-20,22,24-77H2,1-2H3,(H,82,85)/b23-21-. The summed E-state index contributed by atoms with van der Waals surface area (Å²) < 4.78 is 5.52. The van der Waals surface area contributed by atoms with Crippen molar-refractivity contribution in [2.24, 2.45) is 0 Å². The average Bonchev–Trinajstić information content (AvgIpc) is 3.52. The van der Waals surface area contributed by atoms with E-state index in [9.17, 15) is 19.8 Å². The van der Waals surface area contributed by atoms with Gasteiger partial charge in [-0.05, 0) is 51.4 Å². The van der Waals surface area contributed by atoms with E-state index >= 15 is 0 Å². The highest BCUT2D eigenvalue weighted by atomic mass is 16.5. The fraction of sp³-hybridized carbons (Fsp3) is 0.951. The SMILES string of the molecule is CCCCCCCCCCCCCCCCCCCC(=O)OCCCCCCCCCCCCCCCCCC/C=C\CCCCCCCCCCCCCCCCCCCC(=O)NC(CO)C(O)CCCCCCCCCCCCCCCCCC. The summed E-state index contributed by atoms with van der Waals surface area (Å²) in [7, 11) is 0. The van der Waals surface area contributed by atoms with Gasteiger partial charge in [0.2, 0.25) is 5.91 Å². The normalized spacial score (nSPS) is 12.5. The zero-order valence-electron chi connectivity index (χ0n) is 59.5. The van der Waals surface area contributed by atoms with Crippen molar-refractivity contribution in [3.8, 4) is 0 Å². The van der Waals surface area contributed by atoms with Gasteiger partial charge in [0.25, 0.3) is 0 Å². The molecule has 0 aliphatic rings. The Hall–Kier alpha value is -1.40. The van der Waals surface area contributed by atoms with Crippen molar-refractivity contribution in [3.63, 3.8) is 0 Å². The largest absolute Gasteiger partial charge is 0.466 e. The lowest BCUT2D eigenvalue weighted by atomic mass is 10.0. The van der Waals surface area contributed by atoms with Gasteiger partial charge in [0.15, 0.2) is 0 Å². The molecule has 2 atom stereocenters. The minimum absolute atomic E-state index is 0.0266. The lowest BCUT2D eigenvalue weighted by Gasteiger charge is -2.22. The number of allylic oxidation sites excluding steroid dienone is 2. The fourth-order valence-corrected chi connectivity index (χ4v) is 13.2. The summed E-state index contributed by atoms with van der Waals surface area (Å²) in [5.74, 6) is 0.0000280. The van der Waals surface area contributed by atoms with Crippen LogP contribution in [0.15, 0.2) is 12.2 Å². The van der Waals surface area contributed by atoms with Crippen LogP contribution in [0, 0.1) is 0 Å². The second-order valence-electron chi connectivity index (χ2n) is 28.1. The Morgan fingerprint density at radius 2 is 0.540 bits per heavy atom. The van der Waals surface area contributed by atoms with Crippen molar-refractivity contribution < 1.29 is 24.5 Å². The Labute approximate surface area is 546 Å². The second kappa shape index (κ2) is 77.1. The summed E-state index contributed by atoms with van der Waals surface area (Å²) in [5, 5.41) is 23.4. The molecule has 0 aromatic carbocycles. The summed E-state index contributed by atoms with van der Waals surface area (Å²) in [6, 6.07) is -0.538. The molecule has 0 aliphatic carbocycles. The lowest BCUT2D eigenvalue weighted by molar-refractivity contribution is -0.143. The summed E-state index contributed by atoms with van der Waals surface area (Å²) in [4.78, 5) is 24.6. The first-order valence-corrected chi connectivity index (χ1v) is 40.4. The molecule has 0 saturated heterocycles. The number of aliphatic hydroxyl groups is 2. The first-order chi connectivity index (χ1) is 43.0. The van der Waals surface area contributed by atoms with E-state index in [0.717, 1.165) is 38.5 Å². The minimum Gasteiger partial charge on any atom is -0.466 e. The Bertz CT molecular complexity index is 1320. The van der Waals surface area contributed by atoms with Crippen LogP contribution >= 0.6 is 0 Å². The lowest BCUT2D eigenvalue weighted by Crippen LogP contribution is -2.45. The number of amides is 1.